The third-order valence-electron chi connectivity index (χ3n) is 2.36. The summed E-state index contributed by atoms with van der Waals surface area (Å²) in [4.78, 5) is 10.5. The second-order valence-electron chi connectivity index (χ2n) is 3.65. The maximum Gasteiger partial charge on any atom is 0.303 e. The summed E-state index contributed by atoms with van der Waals surface area (Å²) < 4.78 is 12.6. The number of nitrogens with two attached hydrogens (primary N) is 1. The Morgan fingerprint density at radius 1 is 1.47 bits per heavy atom. The molecule has 0 spiro atoms. The number of benzene rings is 1. The van der Waals surface area contributed by atoms with Gasteiger partial charge in [-0.05, 0) is 23.6 Å². The number of carboxylic acid groups (broad SMARTS) is 1. The summed E-state index contributed by atoms with van der Waals surface area (Å²) in [5.74, 6) is -1.37. The zero-order chi connectivity index (χ0) is 11.4. The third kappa shape index (κ3) is 3.32. The first-order chi connectivity index (χ1) is 7.00. The van der Waals surface area contributed by atoms with Gasteiger partial charge in [-0.1, -0.05) is 19.1 Å². The van der Waals surface area contributed by atoms with E-state index in [1.807, 2.05) is 0 Å². The number of hydrogen-bond acceptors (Lipinski definition) is 2. The van der Waals surface area contributed by atoms with Gasteiger partial charge in [-0.25, -0.2) is 4.39 Å². The largest absolute Gasteiger partial charge is 0.481 e. The van der Waals surface area contributed by atoms with Gasteiger partial charge in [-0.2, -0.15) is 0 Å². The van der Waals surface area contributed by atoms with Crippen molar-refractivity contribution in [3.63, 3.8) is 0 Å². The standard InChI is InChI=1S/C11H14FNO2/c1-7(6-10(14)15)11(13)8-2-4-9(12)5-3-8/h2-5,7,11H,6,13H2,1H3,(H,14,15). The summed E-state index contributed by atoms with van der Waals surface area (Å²) in [5, 5.41) is 8.61. The fourth-order valence-corrected chi connectivity index (χ4v) is 1.42. The summed E-state index contributed by atoms with van der Waals surface area (Å²) >= 11 is 0. The van der Waals surface area contributed by atoms with E-state index >= 15 is 0 Å². The number of carboxylic acids is 1. The molecule has 1 aromatic rings. The molecule has 0 amide bonds. The molecule has 4 heteroatoms. The predicted molar refractivity (Wildman–Crippen MR) is 54.7 cm³/mol. The van der Waals surface area contributed by atoms with Crippen LogP contribution >= 0.6 is 0 Å². The smallest absolute Gasteiger partial charge is 0.303 e. The van der Waals surface area contributed by atoms with Crippen LogP contribution in [-0.4, -0.2) is 11.1 Å². The first-order valence-electron chi connectivity index (χ1n) is 4.73. The van der Waals surface area contributed by atoms with Crippen LogP contribution < -0.4 is 5.73 Å². The van der Waals surface area contributed by atoms with E-state index in [0.29, 0.717) is 0 Å². The molecular formula is C11H14FNO2. The van der Waals surface area contributed by atoms with E-state index in [4.69, 9.17) is 10.8 Å². The number of halogens is 1. The first kappa shape index (κ1) is 11.7. The molecule has 15 heavy (non-hydrogen) atoms. The van der Waals surface area contributed by atoms with Crippen molar-refractivity contribution in [3.05, 3.63) is 35.6 Å². The fraction of sp³-hybridized carbons (Fsp3) is 0.364. The molecule has 0 bridgehead atoms. The van der Waals surface area contributed by atoms with E-state index in [1.54, 1.807) is 19.1 Å². The summed E-state index contributed by atoms with van der Waals surface area (Å²) in [7, 11) is 0. The van der Waals surface area contributed by atoms with Gasteiger partial charge < -0.3 is 10.8 Å². The number of hydrogen-bond donors (Lipinski definition) is 2. The van der Waals surface area contributed by atoms with Crippen LogP contribution in [0.3, 0.4) is 0 Å². The Hall–Kier alpha value is -1.42. The fourth-order valence-electron chi connectivity index (χ4n) is 1.42. The van der Waals surface area contributed by atoms with Crippen LogP contribution in [0.2, 0.25) is 0 Å². The molecule has 0 heterocycles. The molecule has 1 rings (SSSR count). The molecule has 0 saturated heterocycles. The SMILES string of the molecule is CC(CC(=O)O)C(N)c1ccc(F)cc1. The quantitative estimate of drug-likeness (QED) is 0.799. The number of carbonyl (C=O) groups is 1. The molecule has 0 radical (unpaired) electrons. The molecule has 1 aromatic carbocycles. The Morgan fingerprint density at radius 3 is 2.47 bits per heavy atom. The summed E-state index contributed by atoms with van der Waals surface area (Å²) in [6.07, 6.45) is 0.0124. The van der Waals surface area contributed by atoms with Crippen molar-refractivity contribution >= 4 is 5.97 Å². The highest BCUT2D eigenvalue weighted by atomic mass is 19.1. The van der Waals surface area contributed by atoms with Crippen LogP contribution in [-0.2, 0) is 4.79 Å². The van der Waals surface area contributed by atoms with Gasteiger partial charge in [0.2, 0.25) is 0 Å². The average molecular weight is 211 g/mol. The Labute approximate surface area is 87.7 Å². The Morgan fingerprint density at radius 2 is 2.00 bits per heavy atom. The molecule has 0 aliphatic carbocycles. The normalized spacial score (nSPS) is 14.6. The zero-order valence-corrected chi connectivity index (χ0v) is 8.48. The second kappa shape index (κ2) is 4.89. The lowest BCUT2D eigenvalue weighted by Crippen LogP contribution is -2.21. The Bertz CT molecular complexity index is 337. The van der Waals surface area contributed by atoms with Crippen molar-refractivity contribution in [1.82, 2.24) is 0 Å². The van der Waals surface area contributed by atoms with E-state index in [0.717, 1.165) is 5.56 Å². The summed E-state index contributed by atoms with van der Waals surface area (Å²) in [6.45, 7) is 1.77. The molecule has 0 aliphatic heterocycles. The molecule has 0 aliphatic rings. The molecule has 2 atom stereocenters. The maximum absolute atomic E-state index is 12.6. The Kier molecular flexibility index (Phi) is 3.80. The van der Waals surface area contributed by atoms with E-state index < -0.39 is 5.97 Å². The zero-order valence-electron chi connectivity index (χ0n) is 8.48. The van der Waals surface area contributed by atoms with Gasteiger partial charge >= 0.3 is 5.97 Å². The minimum Gasteiger partial charge on any atom is -0.481 e. The van der Waals surface area contributed by atoms with Gasteiger partial charge in [0.1, 0.15) is 5.82 Å². The van der Waals surface area contributed by atoms with Crippen molar-refractivity contribution in [3.8, 4) is 0 Å². The lowest BCUT2D eigenvalue weighted by atomic mass is 9.93. The highest BCUT2D eigenvalue weighted by Gasteiger charge is 2.17. The Balaban J connectivity index is 2.71. The molecule has 0 fully saturated rings. The van der Waals surface area contributed by atoms with E-state index in [2.05, 4.69) is 0 Å². The minimum atomic E-state index is -0.875. The predicted octanol–water partition coefficient (Wildman–Crippen LogP) is 1.94. The van der Waals surface area contributed by atoms with Crippen LogP contribution in [0, 0.1) is 11.7 Å². The van der Waals surface area contributed by atoms with Crippen molar-refractivity contribution in [2.45, 2.75) is 19.4 Å². The topological polar surface area (TPSA) is 63.3 Å². The van der Waals surface area contributed by atoms with Gasteiger partial charge in [0.15, 0.2) is 0 Å². The first-order valence-corrected chi connectivity index (χ1v) is 4.73. The molecule has 0 aromatic heterocycles. The maximum atomic E-state index is 12.6. The highest BCUT2D eigenvalue weighted by molar-refractivity contribution is 5.67. The van der Waals surface area contributed by atoms with E-state index in [-0.39, 0.29) is 24.2 Å². The summed E-state index contributed by atoms with van der Waals surface area (Å²) in [5.41, 5.74) is 6.61. The lowest BCUT2D eigenvalue weighted by molar-refractivity contribution is -0.138. The number of rotatable bonds is 4. The van der Waals surface area contributed by atoms with Gasteiger partial charge in [0.05, 0.1) is 0 Å². The average Bonchev–Trinajstić information content (AvgIpc) is 2.17. The second-order valence-corrected chi connectivity index (χ2v) is 3.65. The summed E-state index contributed by atoms with van der Waals surface area (Å²) in [6, 6.07) is 5.43. The molecular weight excluding hydrogens is 197 g/mol. The lowest BCUT2D eigenvalue weighted by Gasteiger charge is -2.18. The van der Waals surface area contributed by atoms with Crippen molar-refractivity contribution in [2.24, 2.45) is 11.7 Å². The van der Waals surface area contributed by atoms with E-state index in [1.165, 1.54) is 12.1 Å². The molecule has 3 N–H and O–H groups in total. The van der Waals surface area contributed by atoms with Crippen molar-refractivity contribution < 1.29 is 14.3 Å². The highest BCUT2D eigenvalue weighted by Crippen LogP contribution is 2.21. The van der Waals surface area contributed by atoms with Crippen LogP contribution in [0.25, 0.3) is 0 Å². The van der Waals surface area contributed by atoms with Crippen molar-refractivity contribution in [1.29, 1.82) is 0 Å². The van der Waals surface area contributed by atoms with Crippen LogP contribution in [0.15, 0.2) is 24.3 Å². The van der Waals surface area contributed by atoms with Crippen LogP contribution in [0.4, 0.5) is 4.39 Å². The third-order valence-corrected chi connectivity index (χ3v) is 2.36. The molecule has 0 saturated carbocycles. The van der Waals surface area contributed by atoms with Gasteiger partial charge in [-0.3, -0.25) is 4.79 Å². The van der Waals surface area contributed by atoms with Crippen LogP contribution in [0.1, 0.15) is 24.9 Å². The minimum absolute atomic E-state index is 0.0124. The van der Waals surface area contributed by atoms with Crippen molar-refractivity contribution in [2.75, 3.05) is 0 Å². The molecule has 3 nitrogen and oxygen atoms in total. The monoisotopic (exact) mass is 211 g/mol. The molecule has 82 valence electrons. The number of aliphatic carboxylic acids is 1. The van der Waals surface area contributed by atoms with E-state index in [9.17, 15) is 9.18 Å². The van der Waals surface area contributed by atoms with Gasteiger partial charge in [0, 0.05) is 12.5 Å². The van der Waals surface area contributed by atoms with Crippen LogP contribution in [0.5, 0.6) is 0 Å². The molecule has 2 unspecified atom stereocenters. The van der Waals surface area contributed by atoms with Gasteiger partial charge in [-0.15, -0.1) is 0 Å². The van der Waals surface area contributed by atoms with Gasteiger partial charge in [0.25, 0.3) is 0 Å².